The molecule has 22 heavy (non-hydrogen) atoms. The van der Waals surface area contributed by atoms with E-state index in [2.05, 4.69) is 14.8 Å². The molecule has 1 atom stereocenters. The molecular formula is C13H21N3O6. The molecule has 0 bridgehead atoms. The number of hydrogen-bond donors (Lipinski definition) is 1. The average molecular weight is 315 g/mol. The Labute approximate surface area is 128 Å². The van der Waals surface area contributed by atoms with Crippen LogP contribution in [0.4, 0.5) is 0 Å². The molecule has 0 saturated carbocycles. The first kappa shape index (κ1) is 18.1. The van der Waals surface area contributed by atoms with Gasteiger partial charge in [0.2, 0.25) is 11.8 Å². The summed E-state index contributed by atoms with van der Waals surface area (Å²) in [6.45, 7) is 2.15. The van der Waals surface area contributed by atoms with E-state index >= 15 is 0 Å². The van der Waals surface area contributed by atoms with Crippen molar-refractivity contribution in [2.24, 2.45) is 0 Å². The van der Waals surface area contributed by atoms with Crippen molar-refractivity contribution in [3.63, 3.8) is 0 Å². The summed E-state index contributed by atoms with van der Waals surface area (Å²) in [7, 11) is 2.52. The minimum absolute atomic E-state index is 0.0794. The summed E-state index contributed by atoms with van der Waals surface area (Å²) in [5.41, 5.74) is 0. The predicted octanol–water partition coefficient (Wildman–Crippen LogP) is -2.02. The first-order valence-corrected chi connectivity index (χ1v) is 6.78. The van der Waals surface area contributed by atoms with Crippen molar-refractivity contribution < 1.29 is 28.7 Å². The van der Waals surface area contributed by atoms with Crippen LogP contribution in [-0.4, -0.2) is 86.5 Å². The molecule has 9 nitrogen and oxygen atoms in total. The topological polar surface area (TPSA) is 105 Å². The Hall–Kier alpha value is -2.00. The zero-order valence-electron chi connectivity index (χ0n) is 13.0. The fraction of sp³-hybridized carbons (Fsp3) is 0.692. The maximum atomic E-state index is 11.4. The summed E-state index contributed by atoms with van der Waals surface area (Å²) in [4.78, 5) is 48.8. The fourth-order valence-electron chi connectivity index (χ4n) is 2.14. The van der Waals surface area contributed by atoms with Gasteiger partial charge in [-0.15, -0.1) is 0 Å². The van der Waals surface area contributed by atoms with E-state index in [1.807, 2.05) is 6.92 Å². The molecule has 0 radical (unpaired) electrons. The van der Waals surface area contributed by atoms with E-state index in [9.17, 15) is 19.2 Å². The number of hydrogen-bond acceptors (Lipinski definition) is 8. The van der Waals surface area contributed by atoms with Gasteiger partial charge in [-0.2, -0.15) is 0 Å². The average Bonchev–Trinajstić information content (AvgIpc) is 2.45. The molecule has 0 aromatic rings. The first-order chi connectivity index (χ1) is 10.3. The van der Waals surface area contributed by atoms with Gasteiger partial charge in [0.25, 0.3) is 0 Å². The number of rotatable bonds is 7. The number of carbonyl (C=O) groups excluding carboxylic acids is 4. The zero-order chi connectivity index (χ0) is 16.7. The van der Waals surface area contributed by atoms with Gasteiger partial charge >= 0.3 is 11.9 Å². The van der Waals surface area contributed by atoms with Crippen molar-refractivity contribution in [1.29, 1.82) is 0 Å². The highest BCUT2D eigenvalue weighted by Crippen LogP contribution is 2.05. The van der Waals surface area contributed by atoms with Crippen LogP contribution < -0.4 is 5.32 Å². The Balaban J connectivity index is 2.65. The third-order valence-corrected chi connectivity index (χ3v) is 3.28. The Kier molecular flexibility index (Phi) is 6.93. The van der Waals surface area contributed by atoms with Crippen molar-refractivity contribution in [3.8, 4) is 0 Å². The van der Waals surface area contributed by atoms with E-state index < -0.39 is 11.9 Å². The number of amides is 2. The summed E-state index contributed by atoms with van der Waals surface area (Å²) >= 11 is 0. The number of carbonyl (C=O) groups is 4. The summed E-state index contributed by atoms with van der Waals surface area (Å²) < 4.78 is 9.19. The maximum absolute atomic E-state index is 11.4. The largest absolute Gasteiger partial charge is 0.468 e. The van der Waals surface area contributed by atoms with Crippen LogP contribution in [0, 0.1) is 0 Å². The Bertz CT molecular complexity index is 419. The molecule has 0 aromatic carbocycles. The van der Waals surface area contributed by atoms with Crippen molar-refractivity contribution in [3.05, 3.63) is 0 Å². The second-order valence-corrected chi connectivity index (χ2v) is 5.05. The number of esters is 2. The molecule has 2 amide bonds. The number of nitrogens with zero attached hydrogens (tertiary/aromatic N) is 2. The molecule has 9 heteroatoms. The molecule has 1 aliphatic rings. The van der Waals surface area contributed by atoms with Gasteiger partial charge in [-0.05, 0) is 6.92 Å². The highest BCUT2D eigenvalue weighted by molar-refractivity contribution is 5.99. The van der Waals surface area contributed by atoms with E-state index in [0.29, 0.717) is 6.54 Å². The number of nitrogens with one attached hydrogen (secondary N) is 1. The van der Waals surface area contributed by atoms with Gasteiger partial charge in [0.1, 0.15) is 0 Å². The van der Waals surface area contributed by atoms with Gasteiger partial charge in [0.15, 0.2) is 0 Å². The van der Waals surface area contributed by atoms with E-state index in [4.69, 9.17) is 0 Å². The third-order valence-electron chi connectivity index (χ3n) is 3.28. The van der Waals surface area contributed by atoms with Gasteiger partial charge in [-0.25, -0.2) is 0 Å². The predicted molar refractivity (Wildman–Crippen MR) is 74.7 cm³/mol. The van der Waals surface area contributed by atoms with Crippen molar-refractivity contribution in [1.82, 2.24) is 15.1 Å². The molecule has 1 rings (SSSR count). The van der Waals surface area contributed by atoms with E-state index in [1.165, 1.54) is 14.2 Å². The van der Waals surface area contributed by atoms with Crippen molar-refractivity contribution >= 4 is 23.8 Å². The Morgan fingerprint density at radius 2 is 1.59 bits per heavy atom. The van der Waals surface area contributed by atoms with E-state index in [1.54, 1.807) is 9.80 Å². The summed E-state index contributed by atoms with van der Waals surface area (Å²) in [6, 6.07) is -0.204. The SMILES string of the molecule is COC(=O)CN(CC(=O)OC)C[C@H](C)N1CC(=O)NC(=O)C1. The normalized spacial score (nSPS) is 17.1. The number of methoxy groups -OCH3 is 2. The molecule has 1 aliphatic heterocycles. The van der Waals surface area contributed by atoms with Crippen LogP contribution >= 0.6 is 0 Å². The van der Waals surface area contributed by atoms with Gasteiger partial charge in [-0.1, -0.05) is 0 Å². The van der Waals surface area contributed by atoms with Crippen LogP contribution in [-0.2, 0) is 28.7 Å². The molecule has 1 N–H and O–H groups in total. The van der Waals surface area contributed by atoms with Gasteiger partial charge in [-0.3, -0.25) is 34.3 Å². The van der Waals surface area contributed by atoms with Crippen LogP contribution in [0.3, 0.4) is 0 Å². The second-order valence-electron chi connectivity index (χ2n) is 5.05. The molecule has 0 spiro atoms. The molecule has 1 fully saturated rings. The second kappa shape index (κ2) is 8.44. The van der Waals surface area contributed by atoms with Crippen molar-refractivity contribution in [2.75, 3.05) is 46.9 Å². The van der Waals surface area contributed by atoms with E-state index in [0.717, 1.165) is 0 Å². The van der Waals surface area contributed by atoms with Crippen LogP contribution in [0.15, 0.2) is 0 Å². The Morgan fingerprint density at radius 1 is 1.14 bits per heavy atom. The van der Waals surface area contributed by atoms with Crippen molar-refractivity contribution in [2.45, 2.75) is 13.0 Å². The van der Waals surface area contributed by atoms with Gasteiger partial charge in [0, 0.05) is 12.6 Å². The molecular weight excluding hydrogens is 294 g/mol. The summed E-state index contributed by atoms with van der Waals surface area (Å²) in [6.07, 6.45) is 0. The highest BCUT2D eigenvalue weighted by Gasteiger charge is 2.28. The molecule has 0 aromatic heterocycles. The van der Waals surface area contributed by atoms with Crippen LogP contribution in [0.1, 0.15) is 6.92 Å². The number of imide groups is 1. The molecule has 1 heterocycles. The van der Waals surface area contributed by atoms with Crippen LogP contribution in [0.5, 0.6) is 0 Å². The molecule has 1 saturated heterocycles. The number of ether oxygens (including phenoxy) is 2. The lowest BCUT2D eigenvalue weighted by Gasteiger charge is -2.33. The number of piperazine rings is 1. The summed E-state index contributed by atoms with van der Waals surface area (Å²) in [5, 5.41) is 2.22. The lowest BCUT2D eigenvalue weighted by Crippen LogP contribution is -2.56. The highest BCUT2D eigenvalue weighted by atomic mass is 16.5. The molecule has 0 unspecified atom stereocenters. The first-order valence-electron chi connectivity index (χ1n) is 6.78. The lowest BCUT2D eigenvalue weighted by atomic mass is 10.2. The standard InChI is InChI=1S/C13H21N3O6/c1-9(16-5-10(17)14-11(18)6-16)4-15(7-12(19)21-2)8-13(20)22-3/h9H,4-8H2,1-3H3,(H,14,17,18)/t9-/m0/s1. The third kappa shape index (κ3) is 5.78. The van der Waals surface area contributed by atoms with Crippen LogP contribution in [0.25, 0.3) is 0 Å². The van der Waals surface area contributed by atoms with E-state index in [-0.39, 0.29) is 44.0 Å². The minimum atomic E-state index is -0.483. The monoisotopic (exact) mass is 315 g/mol. The molecule has 124 valence electrons. The minimum Gasteiger partial charge on any atom is -0.468 e. The van der Waals surface area contributed by atoms with Gasteiger partial charge < -0.3 is 9.47 Å². The quantitative estimate of drug-likeness (QED) is 0.424. The Morgan fingerprint density at radius 3 is 2.00 bits per heavy atom. The van der Waals surface area contributed by atoms with Crippen LogP contribution in [0.2, 0.25) is 0 Å². The maximum Gasteiger partial charge on any atom is 0.319 e. The summed E-state index contributed by atoms with van der Waals surface area (Å²) in [5.74, 6) is -1.70. The van der Waals surface area contributed by atoms with Gasteiger partial charge in [0.05, 0.1) is 40.4 Å². The smallest absolute Gasteiger partial charge is 0.319 e. The lowest BCUT2D eigenvalue weighted by molar-refractivity contribution is -0.147. The fourth-order valence-corrected chi connectivity index (χ4v) is 2.14. The zero-order valence-corrected chi connectivity index (χ0v) is 13.0. The molecule has 0 aliphatic carbocycles.